The van der Waals surface area contributed by atoms with Gasteiger partial charge in [-0.15, -0.1) is 0 Å². The first-order valence-corrected chi connectivity index (χ1v) is 5.30. The van der Waals surface area contributed by atoms with E-state index in [9.17, 15) is 9.90 Å². The minimum Gasteiger partial charge on any atom is -0.508 e. The van der Waals surface area contributed by atoms with Crippen molar-refractivity contribution in [2.24, 2.45) is 5.73 Å². The van der Waals surface area contributed by atoms with Gasteiger partial charge >= 0.3 is 5.97 Å². The first kappa shape index (κ1) is 13.3. The van der Waals surface area contributed by atoms with Crippen molar-refractivity contribution in [2.45, 2.75) is 25.8 Å². The van der Waals surface area contributed by atoms with Gasteiger partial charge in [-0.3, -0.25) is 4.79 Å². The average Bonchev–Trinajstić information content (AvgIpc) is 2.26. The predicted molar refractivity (Wildman–Crippen MR) is 63.2 cm³/mol. The molecule has 1 unspecified atom stereocenters. The van der Waals surface area contributed by atoms with Gasteiger partial charge < -0.3 is 20.7 Å². The van der Waals surface area contributed by atoms with Crippen molar-refractivity contribution in [1.82, 2.24) is 0 Å². The second kappa shape index (κ2) is 5.54. The van der Waals surface area contributed by atoms with Gasteiger partial charge in [0.25, 0.3) is 0 Å². The maximum absolute atomic E-state index is 10.5. The Kier molecular flexibility index (Phi) is 4.34. The number of hydrogen-bond donors (Lipinski definition) is 3. The number of hydrogen-bond acceptors (Lipinski definition) is 4. The van der Waals surface area contributed by atoms with Crippen molar-refractivity contribution < 1.29 is 19.7 Å². The third-order valence-electron chi connectivity index (χ3n) is 2.61. The maximum Gasteiger partial charge on any atom is 0.303 e. The largest absolute Gasteiger partial charge is 0.508 e. The molecule has 1 aromatic carbocycles. The van der Waals surface area contributed by atoms with Crippen molar-refractivity contribution in [3.05, 3.63) is 23.3 Å². The fourth-order valence-corrected chi connectivity index (χ4v) is 1.64. The van der Waals surface area contributed by atoms with Gasteiger partial charge in [-0.1, -0.05) is 0 Å². The molecule has 1 atom stereocenters. The molecule has 0 saturated heterocycles. The Morgan fingerprint density at radius 2 is 2.18 bits per heavy atom. The summed E-state index contributed by atoms with van der Waals surface area (Å²) in [5.41, 5.74) is 7.15. The van der Waals surface area contributed by atoms with Crippen LogP contribution in [0.2, 0.25) is 0 Å². The molecule has 1 rings (SSSR count). The summed E-state index contributed by atoms with van der Waals surface area (Å²) in [5.74, 6) is -0.205. The molecule has 0 aromatic heterocycles. The van der Waals surface area contributed by atoms with Crippen molar-refractivity contribution in [3.63, 3.8) is 0 Å². The molecule has 4 N–H and O–H groups in total. The number of methoxy groups -OCH3 is 1. The van der Waals surface area contributed by atoms with Gasteiger partial charge in [0.2, 0.25) is 0 Å². The summed E-state index contributed by atoms with van der Waals surface area (Å²) in [4.78, 5) is 10.5. The number of carbonyl (C=O) groups is 1. The molecule has 0 aliphatic rings. The van der Waals surface area contributed by atoms with Gasteiger partial charge in [0.15, 0.2) is 0 Å². The van der Waals surface area contributed by atoms with Crippen LogP contribution in [0.25, 0.3) is 0 Å². The number of carboxylic acid groups (broad SMARTS) is 1. The first-order valence-electron chi connectivity index (χ1n) is 5.30. The molecule has 0 radical (unpaired) electrons. The number of aliphatic carboxylic acids is 1. The normalized spacial score (nSPS) is 12.2. The predicted octanol–water partition coefficient (Wildman–Crippen LogP) is 1.57. The average molecular weight is 239 g/mol. The Labute approximate surface area is 99.8 Å². The van der Waals surface area contributed by atoms with Crippen molar-refractivity contribution in [1.29, 1.82) is 0 Å². The van der Waals surface area contributed by atoms with E-state index in [4.69, 9.17) is 15.6 Å². The quantitative estimate of drug-likeness (QED) is 0.725. The van der Waals surface area contributed by atoms with E-state index in [1.807, 2.05) is 6.92 Å². The van der Waals surface area contributed by atoms with Crippen LogP contribution in [-0.2, 0) is 4.79 Å². The molecule has 0 bridgehead atoms. The lowest BCUT2D eigenvalue weighted by molar-refractivity contribution is -0.137. The minimum absolute atomic E-state index is 0.0310. The molecular weight excluding hydrogens is 222 g/mol. The number of ether oxygens (including phenoxy) is 1. The van der Waals surface area contributed by atoms with Gasteiger partial charge in [-0.05, 0) is 31.0 Å². The van der Waals surface area contributed by atoms with Gasteiger partial charge in [0.05, 0.1) is 7.11 Å². The smallest absolute Gasteiger partial charge is 0.303 e. The van der Waals surface area contributed by atoms with E-state index in [1.165, 1.54) is 7.11 Å². The number of nitrogens with two attached hydrogens (primary N) is 1. The van der Waals surface area contributed by atoms with Gasteiger partial charge in [0, 0.05) is 18.0 Å². The molecule has 0 amide bonds. The number of rotatable bonds is 5. The Balaban J connectivity index is 2.92. The second-order valence-electron chi connectivity index (χ2n) is 3.92. The zero-order chi connectivity index (χ0) is 13.0. The zero-order valence-electron chi connectivity index (χ0n) is 9.93. The van der Waals surface area contributed by atoms with E-state index >= 15 is 0 Å². The second-order valence-corrected chi connectivity index (χ2v) is 3.92. The third kappa shape index (κ3) is 3.35. The fraction of sp³-hybridized carbons (Fsp3) is 0.417. The van der Waals surface area contributed by atoms with Crippen LogP contribution in [0.3, 0.4) is 0 Å². The van der Waals surface area contributed by atoms with Crippen molar-refractivity contribution in [3.8, 4) is 11.5 Å². The molecule has 0 spiro atoms. The molecule has 5 nitrogen and oxygen atoms in total. The topological polar surface area (TPSA) is 92.8 Å². The summed E-state index contributed by atoms with van der Waals surface area (Å²) in [7, 11) is 1.53. The highest BCUT2D eigenvalue weighted by atomic mass is 16.5. The van der Waals surface area contributed by atoms with Crippen molar-refractivity contribution in [2.75, 3.05) is 7.11 Å². The summed E-state index contributed by atoms with van der Waals surface area (Å²) >= 11 is 0. The summed E-state index contributed by atoms with van der Waals surface area (Å²) in [6.07, 6.45) is 0.242. The Bertz CT molecular complexity index is 417. The lowest BCUT2D eigenvalue weighted by Gasteiger charge is -2.15. The first-order chi connectivity index (χ1) is 7.95. The Morgan fingerprint density at radius 3 is 2.71 bits per heavy atom. The van der Waals surface area contributed by atoms with E-state index < -0.39 is 12.0 Å². The standard InChI is InChI=1S/C12H17NO4/c1-7-5-10(14)8(6-11(7)17-2)9(13)3-4-12(15)16/h5-6,9,14H,3-4,13H2,1-2H3,(H,15,16). The van der Waals surface area contributed by atoms with Crippen LogP contribution in [0, 0.1) is 6.92 Å². The van der Waals surface area contributed by atoms with Crippen LogP contribution in [0.5, 0.6) is 11.5 Å². The lowest BCUT2D eigenvalue weighted by Crippen LogP contribution is -2.12. The van der Waals surface area contributed by atoms with E-state index in [0.29, 0.717) is 11.3 Å². The highest BCUT2D eigenvalue weighted by Gasteiger charge is 2.15. The van der Waals surface area contributed by atoms with E-state index in [1.54, 1.807) is 12.1 Å². The monoisotopic (exact) mass is 239 g/mol. The maximum atomic E-state index is 10.5. The molecule has 0 fully saturated rings. The Hall–Kier alpha value is -1.75. The van der Waals surface area contributed by atoms with Crippen molar-refractivity contribution >= 4 is 5.97 Å². The third-order valence-corrected chi connectivity index (χ3v) is 2.61. The molecule has 1 aromatic rings. The SMILES string of the molecule is COc1cc(C(N)CCC(=O)O)c(O)cc1C. The summed E-state index contributed by atoms with van der Waals surface area (Å²) in [6, 6.07) is 2.70. The molecule has 17 heavy (non-hydrogen) atoms. The van der Waals surface area contributed by atoms with Crippen LogP contribution >= 0.6 is 0 Å². The summed E-state index contributed by atoms with van der Waals surface area (Å²) in [5, 5.41) is 18.3. The highest BCUT2D eigenvalue weighted by molar-refractivity contribution is 5.66. The molecule has 94 valence electrons. The molecule has 0 aliphatic carbocycles. The number of phenolic OH excluding ortho intramolecular Hbond substituents is 1. The van der Waals surface area contributed by atoms with Gasteiger partial charge in [-0.2, -0.15) is 0 Å². The number of aryl methyl sites for hydroxylation is 1. The highest BCUT2D eigenvalue weighted by Crippen LogP contribution is 2.32. The number of benzene rings is 1. The molecule has 0 aliphatic heterocycles. The van der Waals surface area contributed by atoms with Crippen LogP contribution in [0.4, 0.5) is 0 Å². The van der Waals surface area contributed by atoms with Crippen LogP contribution in [-0.4, -0.2) is 23.3 Å². The molecule has 0 heterocycles. The number of carboxylic acids is 1. The summed E-state index contributed by atoms with van der Waals surface area (Å²) < 4.78 is 5.13. The molecule has 5 heteroatoms. The van der Waals surface area contributed by atoms with E-state index in [0.717, 1.165) is 5.56 Å². The van der Waals surface area contributed by atoms with Gasteiger partial charge in [-0.25, -0.2) is 0 Å². The van der Waals surface area contributed by atoms with E-state index in [2.05, 4.69) is 0 Å². The van der Waals surface area contributed by atoms with Crippen LogP contribution in [0.15, 0.2) is 12.1 Å². The minimum atomic E-state index is -0.904. The van der Waals surface area contributed by atoms with E-state index in [-0.39, 0.29) is 18.6 Å². The van der Waals surface area contributed by atoms with Crippen LogP contribution < -0.4 is 10.5 Å². The molecule has 0 saturated carbocycles. The summed E-state index contributed by atoms with van der Waals surface area (Å²) in [6.45, 7) is 1.81. The van der Waals surface area contributed by atoms with Crippen LogP contribution in [0.1, 0.15) is 30.0 Å². The number of aromatic hydroxyl groups is 1. The van der Waals surface area contributed by atoms with Gasteiger partial charge in [0.1, 0.15) is 11.5 Å². The lowest BCUT2D eigenvalue weighted by atomic mass is 10.00. The Morgan fingerprint density at radius 1 is 1.53 bits per heavy atom. The fourth-order valence-electron chi connectivity index (χ4n) is 1.64. The number of phenols is 1. The molecular formula is C12H17NO4. The zero-order valence-corrected chi connectivity index (χ0v) is 9.93.